The molecule has 1 heterocycles. The van der Waals surface area contributed by atoms with Crippen molar-refractivity contribution >= 4 is 33.2 Å². The van der Waals surface area contributed by atoms with E-state index in [-0.39, 0.29) is 6.04 Å². The molecule has 0 radical (unpaired) electrons. The number of rotatable bonds is 2. The molecule has 1 aromatic carbocycles. The molecular weight excluding hydrogens is 216 g/mol. The minimum atomic E-state index is 0.148. The molecule has 0 bridgehead atoms. The summed E-state index contributed by atoms with van der Waals surface area (Å²) in [7, 11) is 0. The van der Waals surface area contributed by atoms with Gasteiger partial charge in [0.2, 0.25) is 0 Å². The predicted molar refractivity (Wildman–Crippen MR) is 62.0 cm³/mol. The maximum absolute atomic E-state index is 6.02. The molecular formula is C10H11ClN2S. The van der Waals surface area contributed by atoms with Crippen LogP contribution in [-0.2, 0) is 6.42 Å². The average Bonchev–Trinajstić information content (AvgIpc) is 2.47. The van der Waals surface area contributed by atoms with Gasteiger partial charge in [0, 0.05) is 12.5 Å². The fourth-order valence-corrected chi connectivity index (χ4v) is 2.73. The van der Waals surface area contributed by atoms with Gasteiger partial charge in [-0.25, -0.2) is 4.98 Å². The second-order valence-electron chi connectivity index (χ2n) is 3.38. The second kappa shape index (κ2) is 3.85. The molecule has 1 aromatic heterocycles. The smallest absolute Gasteiger partial charge is 0.100 e. The Hall–Kier alpha value is -0.640. The molecule has 0 aliphatic heterocycles. The standard InChI is InChI=1S/C10H11ClN2S/c1-6(12)5-9-13-10-7(11)3-2-4-8(10)14-9/h2-4,6H,5,12H2,1H3. The van der Waals surface area contributed by atoms with Crippen molar-refractivity contribution in [1.82, 2.24) is 4.98 Å². The first-order chi connectivity index (χ1) is 6.66. The van der Waals surface area contributed by atoms with Gasteiger partial charge in [-0.05, 0) is 19.1 Å². The molecule has 2 aromatic rings. The van der Waals surface area contributed by atoms with Crippen LogP contribution in [0.2, 0.25) is 5.02 Å². The van der Waals surface area contributed by atoms with Crippen LogP contribution in [0.1, 0.15) is 11.9 Å². The molecule has 2 N–H and O–H groups in total. The normalized spacial score (nSPS) is 13.4. The van der Waals surface area contributed by atoms with E-state index in [9.17, 15) is 0 Å². The van der Waals surface area contributed by atoms with Crippen molar-refractivity contribution in [3.63, 3.8) is 0 Å². The first kappa shape index (κ1) is 9.90. The number of aromatic nitrogens is 1. The fourth-order valence-electron chi connectivity index (χ4n) is 1.32. The third-order valence-electron chi connectivity index (χ3n) is 1.91. The molecule has 0 amide bonds. The summed E-state index contributed by atoms with van der Waals surface area (Å²) in [6.07, 6.45) is 0.815. The van der Waals surface area contributed by atoms with Crippen LogP contribution in [-0.4, -0.2) is 11.0 Å². The Morgan fingerprint density at radius 3 is 3.00 bits per heavy atom. The lowest BCUT2D eigenvalue weighted by Gasteiger charge is -1.98. The Bertz CT molecular complexity index is 450. The number of hydrogen-bond donors (Lipinski definition) is 1. The van der Waals surface area contributed by atoms with E-state index in [0.29, 0.717) is 0 Å². The Morgan fingerprint density at radius 1 is 1.57 bits per heavy atom. The number of para-hydroxylation sites is 1. The maximum atomic E-state index is 6.02. The minimum Gasteiger partial charge on any atom is -0.328 e. The van der Waals surface area contributed by atoms with Crippen LogP contribution in [0.5, 0.6) is 0 Å². The van der Waals surface area contributed by atoms with E-state index in [0.717, 1.165) is 26.7 Å². The lowest BCUT2D eigenvalue weighted by atomic mass is 10.3. The fraction of sp³-hybridized carbons (Fsp3) is 0.300. The van der Waals surface area contributed by atoms with Crippen LogP contribution in [0.3, 0.4) is 0 Å². The first-order valence-corrected chi connectivity index (χ1v) is 5.66. The SMILES string of the molecule is CC(N)Cc1nc2c(Cl)cccc2s1. The van der Waals surface area contributed by atoms with Crippen molar-refractivity contribution in [2.45, 2.75) is 19.4 Å². The van der Waals surface area contributed by atoms with Gasteiger partial charge in [0.25, 0.3) is 0 Å². The Morgan fingerprint density at radius 2 is 2.36 bits per heavy atom. The number of fused-ring (bicyclic) bond motifs is 1. The highest BCUT2D eigenvalue weighted by Crippen LogP contribution is 2.28. The molecule has 2 nitrogen and oxygen atoms in total. The van der Waals surface area contributed by atoms with Crippen LogP contribution in [0, 0.1) is 0 Å². The van der Waals surface area contributed by atoms with Gasteiger partial charge in [-0.3, -0.25) is 0 Å². The van der Waals surface area contributed by atoms with E-state index < -0.39 is 0 Å². The maximum Gasteiger partial charge on any atom is 0.100 e. The quantitative estimate of drug-likeness (QED) is 0.855. The Labute approximate surface area is 91.7 Å². The summed E-state index contributed by atoms with van der Waals surface area (Å²) < 4.78 is 1.13. The summed E-state index contributed by atoms with van der Waals surface area (Å²) in [4.78, 5) is 4.46. The summed E-state index contributed by atoms with van der Waals surface area (Å²) in [5.41, 5.74) is 6.62. The van der Waals surface area contributed by atoms with E-state index in [1.807, 2.05) is 25.1 Å². The largest absolute Gasteiger partial charge is 0.328 e. The number of thiazole rings is 1. The highest BCUT2D eigenvalue weighted by atomic mass is 35.5. The molecule has 14 heavy (non-hydrogen) atoms. The Balaban J connectivity index is 2.46. The van der Waals surface area contributed by atoms with Gasteiger partial charge in [0.05, 0.1) is 14.7 Å². The molecule has 74 valence electrons. The number of halogens is 1. The summed E-state index contributed by atoms with van der Waals surface area (Å²) in [6.45, 7) is 1.98. The van der Waals surface area contributed by atoms with Crippen molar-refractivity contribution in [2.24, 2.45) is 5.73 Å². The van der Waals surface area contributed by atoms with Crippen LogP contribution in [0.4, 0.5) is 0 Å². The van der Waals surface area contributed by atoms with Crippen molar-refractivity contribution in [2.75, 3.05) is 0 Å². The molecule has 0 saturated carbocycles. The molecule has 0 aliphatic carbocycles. The van der Waals surface area contributed by atoms with Gasteiger partial charge in [0.15, 0.2) is 0 Å². The predicted octanol–water partition coefficient (Wildman–Crippen LogP) is 2.84. The second-order valence-corrected chi connectivity index (χ2v) is 4.90. The monoisotopic (exact) mass is 226 g/mol. The molecule has 1 unspecified atom stereocenters. The van der Waals surface area contributed by atoms with Crippen molar-refractivity contribution < 1.29 is 0 Å². The molecule has 0 aliphatic rings. The molecule has 0 fully saturated rings. The highest BCUT2D eigenvalue weighted by Gasteiger charge is 2.07. The number of hydrogen-bond acceptors (Lipinski definition) is 3. The minimum absolute atomic E-state index is 0.148. The van der Waals surface area contributed by atoms with Crippen LogP contribution < -0.4 is 5.73 Å². The number of nitrogens with two attached hydrogens (primary N) is 1. The molecule has 1 atom stereocenters. The van der Waals surface area contributed by atoms with Crippen LogP contribution >= 0.6 is 22.9 Å². The summed E-state index contributed by atoms with van der Waals surface area (Å²) >= 11 is 7.68. The number of benzene rings is 1. The van der Waals surface area contributed by atoms with E-state index in [2.05, 4.69) is 4.98 Å². The third kappa shape index (κ3) is 1.90. The summed E-state index contributed by atoms with van der Waals surface area (Å²) in [5.74, 6) is 0. The van der Waals surface area contributed by atoms with Crippen molar-refractivity contribution in [3.8, 4) is 0 Å². The zero-order chi connectivity index (χ0) is 10.1. The van der Waals surface area contributed by atoms with E-state index in [4.69, 9.17) is 17.3 Å². The van der Waals surface area contributed by atoms with E-state index in [1.165, 1.54) is 0 Å². The highest BCUT2D eigenvalue weighted by molar-refractivity contribution is 7.18. The van der Waals surface area contributed by atoms with E-state index in [1.54, 1.807) is 11.3 Å². The van der Waals surface area contributed by atoms with Gasteiger partial charge >= 0.3 is 0 Å². The molecule has 2 rings (SSSR count). The number of nitrogens with zero attached hydrogens (tertiary/aromatic N) is 1. The van der Waals surface area contributed by atoms with Gasteiger partial charge in [-0.15, -0.1) is 11.3 Å². The molecule has 4 heteroatoms. The molecule has 0 spiro atoms. The van der Waals surface area contributed by atoms with Gasteiger partial charge in [-0.2, -0.15) is 0 Å². The van der Waals surface area contributed by atoms with Gasteiger partial charge < -0.3 is 5.73 Å². The van der Waals surface area contributed by atoms with Crippen LogP contribution in [0.25, 0.3) is 10.2 Å². The lowest BCUT2D eigenvalue weighted by Crippen LogP contribution is -2.17. The van der Waals surface area contributed by atoms with E-state index >= 15 is 0 Å². The van der Waals surface area contributed by atoms with Gasteiger partial charge in [-0.1, -0.05) is 17.7 Å². The zero-order valence-electron chi connectivity index (χ0n) is 7.83. The van der Waals surface area contributed by atoms with Gasteiger partial charge in [0.1, 0.15) is 5.52 Å². The summed E-state index contributed by atoms with van der Waals surface area (Å²) in [6, 6.07) is 5.98. The van der Waals surface area contributed by atoms with Crippen molar-refractivity contribution in [3.05, 3.63) is 28.2 Å². The van der Waals surface area contributed by atoms with Crippen LogP contribution in [0.15, 0.2) is 18.2 Å². The topological polar surface area (TPSA) is 38.9 Å². The lowest BCUT2D eigenvalue weighted by molar-refractivity contribution is 0.735. The third-order valence-corrected chi connectivity index (χ3v) is 3.26. The van der Waals surface area contributed by atoms with Crippen molar-refractivity contribution in [1.29, 1.82) is 0 Å². The Kier molecular flexibility index (Phi) is 2.72. The average molecular weight is 227 g/mol. The zero-order valence-corrected chi connectivity index (χ0v) is 9.40. The summed E-state index contributed by atoms with van der Waals surface area (Å²) in [5, 5.41) is 1.78. The first-order valence-electron chi connectivity index (χ1n) is 4.46. The molecule has 0 saturated heterocycles.